The quantitative estimate of drug-likeness (QED) is 0.659. The molecule has 1 saturated heterocycles. The SMILES string of the molecule is C[Si]1(C)O[Si](C)(C)O[Si](C)(c2cccc3ccccc23)O[Si](C)(C)O1. The van der Waals surface area contributed by atoms with Crippen LogP contribution in [0.2, 0.25) is 45.8 Å². The van der Waals surface area contributed by atoms with E-state index in [0.29, 0.717) is 0 Å². The van der Waals surface area contributed by atoms with Gasteiger partial charge in [0.15, 0.2) is 0 Å². The Labute approximate surface area is 155 Å². The van der Waals surface area contributed by atoms with Crippen LogP contribution in [0.1, 0.15) is 0 Å². The first-order valence-corrected chi connectivity index (χ1v) is 19.5. The second kappa shape index (κ2) is 6.24. The van der Waals surface area contributed by atoms with Crippen molar-refractivity contribution in [1.29, 1.82) is 0 Å². The lowest BCUT2D eigenvalue weighted by molar-refractivity contribution is 0.242. The summed E-state index contributed by atoms with van der Waals surface area (Å²) in [6, 6.07) is 14.8. The molecule has 0 unspecified atom stereocenters. The lowest BCUT2D eigenvalue weighted by atomic mass is 10.1. The second-order valence-corrected chi connectivity index (χ2v) is 22.2. The minimum atomic E-state index is -2.70. The van der Waals surface area contributed by atoms with Gasteiger partial charge in [-0.1, -0.05) is 42.5 Å². The fourth-order valence-electron chi connectivity index (χ4n) is 3.94. The van der Waals surface area contributed by atoms with Gasteiger partial charge in [0.1, 0.15) is 0 Å². The summed E-state index contributed by atoms with van der Waals surface area (Å²) in [5.41, 5.74) is 0. The van der Waals surface area contributed by atoms with Crippen molar-refractivity contribution in [3.8, 4) is 0 Å². The van der Waals surface area contributed by atoms with Gasteiger partial charge in [-0.3, -0.25) is 0 Å². The van der Waals surface area contributed by atoms with E-state index in [1.165, 1.54) is 16.0 Å². The summed E-state index contributed by atoms with van der Waals surface area (Å²) in [7, 11) is -9.72. The van der Waals surface area contributed by atoms with Gasteiger partial charge in [0.25, 0.3) is 0 Å². The zero-order chi connectivity index (χ0) is 18.5. The molecule has 25 heavy (non-hydrogen) atoms. The number of fused-ring (bicyclic) bond motifs is 1. The Morgan fingerprint density at radius 2 is 1.04 bits per heavy atom. The van der Waals surface area contributed by atoms with Crippen molar-refractivity contribution in [2.24, 2.45) is 0 Å². The smallest absolute Gasteiger partial charge is 0.352 e. The highest BCUT2D eigenvalue weighted by Crippen LogP contribution is 2.31. The average Bonchev–Trinajstić information content (AvgIpc) is 2.41. The molecule has 0 spiro atoms. The van der Waals surface area contributed by atoms with Gasteiger partial charge in [0.2, 0.25) is 0 Å². The molecular weight excluding hydrogens is 381 g/mol. The summed E-state index contributed by atoms with van der Waals surface area (Å²) in [6.07, 6.45) is 0. The molecule has 4 nitrogen and oxygen atoms in total. The Morgan fingerprint density at radius 3 is 1.64 bits per heavy atom. The van der Waals surface area contributed by atoms with Crippen molar-refractivity contribution >= 4 is 50.2 Å². The summed E-state index contributed by atoms with van der Waals surface area (Å²) in [5, 5.41) is 3.57. The standard InChI is InChI=1S/C17H28O4Si4/c1-22(2)18-23(3,4)20-25(7,21-24(5,6)19-22)17-14-10-12-15-11-8-9-13-16(15)17/h8-14H,1-7H3. The van der Waals surface area contributed by atoms with Crippen LogP contribution < -0.4 is 5.19 Å². The summed E-state index contributed by atoms with van der Waals surface area (Å²) < 4.78 is 26.4. The predicted molar refractivity (Wildman–Crippen MR) is 112 cm³/mol. The van der Waals surface area contributed by atoms with Crippen LogP contribution in [0.3, 0.4) is 0 Å². The minimum absolute atomic E-state index is 1.17. The van der Waals surface area contributed by atoms with Crippen molar-refractivity contribution in [3.05, 3.63) is 42.5 Å². The molecule has 0 saturated carbocycles. The summed E-state index contributed by atoms with van der Waals surface area (Å²) in [5.74, 6) is 0. The molecule has 0 amide bonds. The van der Waals surface area contributed by atoms with E-state index >= 15 is 0 Å². The van der Waals surface area contributed by atoms with E-state index in [2.05, 4.69) is 88.3 Å². The van der Waals surface area contributed by atoms with E-state index in [1.54, 1.807) is 0 Å². The van der Waals surface area contributed by atoms with Gasteiger partial charge in [0, 0.05) is 5.19 Å². The van der Waals surface area contributed by atoms with Crippen LogP contribution in [-0.4, -0.2) is 34.2 Å². The molecule has 0 atom stereocenters. The van der Waals surface area contributed by atoms with Gasteiger partial charge in [-0.15, -0.1) is 0 Å². The zero-order valence-corrected chi connectivity index (χ0v) is 20.2. The van der Waals surface area contributed by atoms with Crippen molar-refractivity contribution in [3.63, 3.8) is 0 Å². The fourth-order valence-corrected chi connectivity index (χ4v) is 25.1. The molecule has 0 aliphatic carbocycles. The van der Waals surface area contributed by atoms with Gasteiger partial charge < -0.3 is 16.5 Å². The Morgan fingerprint density at radius 1 is 0.560 bits per heavy atom. The highest BCUT2D eigenvalue weighted by Gasteiger charge is 2.53. The molecule has 136 valence electrons. The third kappa shape index (κ3) is 4.22. The van der Waals surface area contributed by atoms with E-state index in [9.17, 15) is 0 Å². The maximum Gasteiger partial charge on any atom is 0.352 e. The van der Waals surface area contributed by atoms with E-state index in [1.807, 2.05) is 0 Å². The van der Waals surface area contributed by atoms with Crippen LogP contribution in [0.4, 0.5) is 0 Å². The molecule has 0 bridgehead atoms. The Kier molecular flexibility index (Phi) is 4.78. The highest BCUT2D eigenvalue weighted by atomic mass is 28.5. The maximum absolute atomic E-state index is 6.75. The molecule has 8 heteroatoms. The van der Waals surface area contributed by atoms with Crippen molar-refractivity contribution < 1.29 is 16.5 Å². The van der Waals surface area contributed by atoms with E-state index < -0.39 is 34.2 Å². The molecule has 2 aromatic carbocycles. The van der Waals surface area contributed by atoms with Gasteiger partial charge in [-0.25, -0.2) is 0 Å². The maximum atomic E-state index is 6.75. The van der Waals surface area contributed by atoms with Crippen LogP contribution in [-0.2, 0) is 16.5 Å². The van der Waals surface area contributed by atoms with Crippen LogP contribution in [0.15, 0.2) is 42.5 Å². The first-order chi connectivity index (χ1) is 11.4. The number of hydrogen-bond donors (Lipinski definition) is 0. The van der Waals surface area contributed by atoms with Crippen LogP contribution in [0.25, 0.3) is 10.8 Å². The van der Waals surface area contributed by atoms with Crippen LogP contribution >= 0.6 is 0 Å². The summed E-state index contributed by atoms with van der Waals surface area (Å²) in [6.45, 7) is 14.7. The first-order valence-electron chi connectivity index (χ1n) is 8.70. The van der Waals surface area contributed by atoms with Gasteiger partial charge in [-0.05, 0) is 56.6 Å². The Balaban J connectivity index is 2.14. The largest absolute Gasteiger partial charge is 0.416 e. The summed E-state index contributed by atoms with van der Waals surface area (Å²) in [4.78, 5) is 0. The second-order valence-electron chi connectivity index (χ2n) is 8.08. The van der Waals surface area contributed by atoms with Gasteiger partial charge in [0.05, 0.1) is 0 Å². The van der Waals surface area contributed by atoms with E-state index in [0.717, 1.165) is 0 Å². The highest BCUT2D eigenvalue weighted by molar-refractivity contribution is 6.97. The molecule has 1 aliphatic rings. The minimum Gasteiger partial charge on any atom is -0.416 e. The molecule has 2 aromatic rings. The average molecular weight is 409 g/mol. The Bertz CT molecular complexity index is 764. The molecular formula is C17H28O4Si4. The normalized spacial score (nSPS) is 24.4. The lowest BCUT2D eigenvalue weighted by Crippen LogP contribution is -2.68. The number of hydrogen-bond acceptors (Lipinski definition) is 4. The van der Waals surface area contributed by atoms with Crippen molar-refractivity contribution in [2.75, 3.05) is 0 Å². The third-order valence-electron chi connectivity index (χ3n) is 4.14. The topological polar surface area (TPSA) is 36.9 Å². The zero-order valence-electron chi connectivity index (χ0n) is 16.2. The lowest BCUT2D eigenvalue weighted by Gasteiger charge is -2.47. The molecule has 1 aliphatic heterocycles. The van der Waals surface area contributed by atoms with Crippen molar-refractivity contribution in [2.45, 2.75) is 45.8 Å². The van der Waals surface area contributed by atoms with Gasteiger partial charge in [-0.2, -0.15) is 0 Å². The molecule has 1 heterocycles. The van der Waals surface area contributed by atoms with E-state index in [-0.39, 0.29) is 0 Å². The van der Waals surface area contributed by atoms with Crippen molar-refractivity contribution in [1.82, 2.24) is 0 Å². The first kappa shape index (κ1) is 19.2. The number of benzene rings is 2. The predicted octanol–water partition coefficient (Wildman–Crippen LogP) is 4.30. The molecule has 0 aromatic heterocycles. The molecule has 0 N–H and O–H groups in total. The van der Waals surface area contributed by atoms with Crippen LogP contribution in [0.5, 0.6) is 0 Å². The molecule has 3 rings (SSSR count). The van der Waals surface area contributed by atoms with E-state index in [4.69, 9.17) is 16.5 Å². The molecule has 0 radical (unpaired) electrons. The number of rotatable bonds is 1. The molecule has 1 fully saturated rings. The fraction of sp³-hybridized carbons (Fsp3) is 0.412. The van der Waals surface area contributed by atoms with Gasteiger partial charge >= 0.3 is 34.2 Å². The Hall–Kier alpha value is -0.592. The summed E-state index contributed by atoms with van der Waals surface area (Å²) >= 11 is 0. The monoisotopic (exact) mass is 408 g/mol. The third-order valence-corrected chi connectivity index (χ3v) is 20.5. The van der Waals surface area contributed by atoms with Crippen LogP contribution in [0, 0.1) is 0 Å².